The second kappa shape index (κ2) is 7.64. The van der Waals surface area contributed by atoms with Gasteiger partial charge in [-0.15, -0.1) is 0 Å². The molecular formula is C34H23NO2S. The van der Waals surface area contributed by atoms with E-state index in [9.17, 15) is 8.42 Å². The summed E-state index contributed by atoms with van der Waals surface area (Å²) in [5.74, 6) is 0. The molecule has 0 amide bonds. The van der Waals surface area contributed by atoms with Gasteiger partial charge < -0.3 is 0 Å². The van der Waals surface area contributed by atoms with Crippen molar-refractivity contribution in [2.75, 3.05) is 0 Å². The van der Waals surface area contributed by atoms with Crippen LogP contribution < -0.4 is 0 Å². The Balaban J connectivity index is 1.64. The van der Waals surface area contributed by atoms with Gasteiger partial charge in [-0.3, -0.25) is 0 Å². The van der Waals surface area contributed by atoms with Crippen molar-refractivity contribution in [3.05, 3.63) is 172 Å². The van der Waals surface area contributed by atoms with Gasteiger partial charge in [-0.2, -0.15) is 4.31 Å². The van der Waals surface area contributed by atoms with Gasteiger partial charge in [0.05, 0.1) is 10.9 Å². The van der Waals surface area contributed by atoms with Gasteiger partial charge >= 0.3 is 0 Å². The molecule has 2 aliphatic heterocycles. The Morgan fingerprint density at radius 1 is 0.579 bits per heavy atom. The second-order valence-corrected chi connectivity index (χ2v) is 11.9. The van der Waals surface area contributed by atoms with Crippen LogP contribution in [0, 0.1) is 0 Å². The second-order valence-electron chi connectivity index (χ2n) is 10.1. The molecule has 0 saturated heterocycles. The highest BCUT2D eigenvalue weighted by atomic mass is 32.2. The first-order valence-electron chi connectivity index (χ1n) is 12.8. The summed E-state index contributed by atoms with van der Waals surface area (Å²) in [4.78, 5) is 0.385. The Kier molecular flexibility index (Phi) is 4.38. The first kappa shape index (κ1) is 21.8. The van der Waals surface area contributed by atoms with Gasteiger partial charge in [-0.1, -0.05) is 127 Å². The minimum atomic E-state index is -3.86. The van der Waals surface area contributed by atoms with Gasteiger partial charge in [0.15, 0.2) is 0 Å². The average Bonchev–Trinajstić information content (AvgIpc) is 3.39. The molecule has 1 spiro atoms. The van der Waals surface area contributed by atoms with Crippen LogP contribution in [-0.2, 0) is 15.6 Å². The van der Waals surface area contributed by atoms with E-state index in [2.05, 4.69) is 60.7 Å². The summed E-state index contributed by atoms with van der Waals surface area (Å²) < 4.78 is 31.2. The lowest BCUT2D eigenvalue weighted by Crippen LogP contribution is -2.50. The van der Waals surface area contributed by atoms with Crippen molar-refractivity contribution in [1.29, 1.82) is 0 Å². The quantitative estimate of drug-likeness (QED) is 0.257. The lowest BCUT2D eigenvalue weighted by molar-refractivity contribution is 0.260. The van der Waals surface area contributed by atoms with Crippen LogP contribution in [-0.4, -0.2) is 12.7 Å². The molecule has 8 rings (SSSR count). The topological polar surface area (TPSA) is 37.4 Å². The van der Waals surface area contributed by atoms with E-state index < -0.39 is 21.6 Å². The van der Waals surface area contributed by atoms with E-state index in [-0.39, 0.29) is 0 Å². The first-order chi connectivity index (χ1) is 18.6. The van der Waals surface area contributed by atoms with Gasteiger partial charge in [0.25, 0.3) is 0 Å². The molecule has 4 heteroatoms. The number of rotatable bonds is 2. The van der Waals surface area contributed by atoms with Crippen LogP contribution in [0.4, 0.5) is 0 Å². The van der Waals surface area contributed by atoms with Crippen LogP contribution in [0.15, 0.2) is 138 Å². The van der Waals surface area contributed by atoms with Gasteiger partial charge in [0.1, 0.15) is 5.54 Å². The van der Waals surface area contributed by atoms with E-state index in [0.717, 1.165) is 50.1 Å². The Hall–Kier alpha value is -4.25. The van der Waals surface area contributed by atoms with Crippen LogP contribution in [0.5, 0.6) is 0 Å². The van der Waals surface area contributed by atoms with E-state index in [0.29, 0.717) is 4.90 Å². The molecule has 0 aromatic heterocycles. The van der Waals surface area contributed by atoms with Gasteiger partial charge in [-0.05, 0) is 50.6 Å². The number of hydrogen-bond acceptors (Lipinski definition) is 2. The normalized spacial score (nSPS) is 22.3. The summed E-state index contributed by atoms with van der Waals surface area (Å²) in [5.41, 5.74) is 8.21. The molecule has 1 aliphatic carbocycles. The van der Waals surface area contributed by atoms with Crippen molar-refractivity contribution in [2.24, 2.45) is 0 Å². The van der Waals surface area contributed by atoms with Crippen LogP contribution in [0.3, 0.4) is 0 Å². The molecule has 0 fully saturated rings. The van der Waals surface area contributed by atoms with Crippen molar-refractivity contribution < 1.29 is 8.42 Å². The van der Waals surface area contributed by atoms with Crippen molar-refractivity contribution in [3.8, 4) is 0 Å². The number of nitrogens with zero attached hydrogens (tertiary/aromatic N) is 1. The third kappa shape index (κ3) is 2.54. The minimum Gasteiger partial charge on any atom is -0.207 e. The predicted octanol–water partition coefficient (Wildman–Crippen LogP) is 7.01. The molecular weight excluding hydrogens is 486 g/mol. The van der Waals surface area contributed by atoms with Crippen molar-refractivity contribution in [3.63, 3.8) is 0 Å². The number of benzene rings is 5. The maximum Gasteiger partial charge on any atom is 0.245 e. The fourth-order valence-corrected chi connectivity index (χ4v) is 9.09. The Morgan fingerprint density at radius 2 is 1.16 bits per heavy atom. The molecule has 0 saturated carbocycles. The Morgan fingerprint density at radius 3 is 1.92 bits per heavy atom. The molecule has 0 N–H and O–H groups in total. The third-order valence-electron chi connectivity index (χ3n) is 8.28. The molecule has 5 aromatic carbocycles. The zero-order valence-electron chi connectivity index (χ0n) is 20.5. The van der Waals surface area contributed by atoms with Crippen molar-refractivity contribution in [1.82, 2.24) is 4.31 Å². The fourth-order valence-electron chi connectivity index (χ4n) is 6.98. The van der Waals surface area contributed by atoms with E-state index >= 15 is 0 Å². The molecule has 0 unspecified atom stereocenters. The number of sulfonamides is 1. The highest BCUT2D eigenvalue weighted by molar-refractivity contribution is 7.89. The minimum absolute atomic E-state index is 0.385. The standard InChI is InChI=1S/C34H23NO2S/c36-38(37)30-22-12-11-21-29(30)34-28-20-10-9-19-27(28)31(23-13-3-1-4-14-23)32(34)25-17-7-8-18-26(25)33(35(34)38)24-15-5-2-6-16-24/h1-22,33H/t33-,34-/m1/s1. The maximum absolute atomic E-state index is 14.7. The monoisotopic (exact) mass is 509 g/mol. The predicted molar refractivity (Wildman–Crippen MR) is 150 cm³/mol. The largest absolute Gasteiger partial charge is 0.245 e. The molecule has 5 aromatic rings. The molecule has 2 heterocycles. The Bertz CT molecular complexity index is 1890. The van der Waals surface area contributed by atoms with Crippen molar-refractivity contribution >= 4 is 21.2 Å². The summed E-state index contributed by atoms with van der Waals surface area (Å²) >= 11 is 0. The summed E-state index contributed by atoms with van der Waals surface area (Å²) in [6.07, 6.45) is 0. The number of hydrogen-bond donors (Lipinski definition) is 0. The Labute approximate surface area is 222 Å². The first-order valence-corrected chi connectivity index (χ1v) is 14.3. The molecule has 3 nitrogen and oxygen atoms in total. The highest BCUT2D eigenvalue weighted by Crippen LogP contribution is 2.68. The lowest BCUT2D eigenvalue weighted by Gasteiger charge is -2.47. The third-order valence-corrected chi connectivity index (χ3v) is 10.2. The van der Waals surface area contributed by atoms with Crippen LogP contribution in [0.2, 0.25) is 0 Å². The van der Waals surface area contributed by atoms with Gasteiger partial charge in [0, 0.05) is 5.56 Å². The number of fused-ring (bicyclic) bond motifs is 4. The summed E-state index contributed by atoms with van der Waals surface area (Å²) in [5, 5.41) is 0. The summed E-state index contributed by atoms with van der Waals surface area (Å²) in [6.45, 7) is 0. The average molecular weight is 510 g/mol. The van der Waals surface area contributed by atoms with E-state index in [4.69, 9.17) is 0 Å². The van der Waals surface area contributed by atoms with Gasteiger partial charge in [-0.25, -0.2) is 8.42 Å². The molecule has 2 atom stereocenters. The zero-order valence-corrected chi connectivity index (χ0v) is 21.3. The fraction of sp³-hybridized carbons (Fsp3) is 0.0588. The van der Waals surface area contributed by atoms with E-state index in [1.165, 1.54) is 0 Å². The van der Waals surface area contributed by atoms with Gasteiger partial charge in [0.2, 0.25) is 10.0 Å². The summed E-state index contributed by atoms with van der Waals surface area (Å²) in [6, 6.07) is 44.2. The molecule has 182 valence electrons. The maximum atomic E-state index is 14.7. The molecule has 0 bridgehead atoms. The van der Waals surface area contributed by atoms with Crippen molar-refractivity contribution in [2.45, 2.75) is 16.5 Å². The van der Waals surface area contributed by atoms with Crippen LogP contribution in [0.25, 0.3) is 11.1 Å². The SMILES string of the molecule is O=S1(=O)c2ccccc2[C@@]23C(=C(c4ccccc4)c4ccccc42)c2ccccc2[C@@H](c2ccccc2)N31. The lowest BCUT2D eigenvalue weighted by atomic mass is 9.70. The smallest absolute Gasteiger partial charge is 0.207 e. The zero-order chi connectivity index (χ0) is 25.5. The highest BCUT2D eigenvalue weighted by Gasteiger charge is 2.65. The van der Waals surface area contributed by atoms with Crippen LogP contribution in [0.1, 0.15) is 45.0 Å². The summed E-state index contributed by atoms with van der Waals surface area (Å²) in [7, 11) is -3.86. The van der Waals surface area contributed by atoms with E-state index in [1.807, 2.05) is 71.0 Å². The van der Waals surface area contributed by atoms with Crippen LogP contribution >= 0.6 is 0 Å². The molecule has 0 radical (unpaired) electrons. The van der Waals surface area contributed by atoms with E-state index in [1.54, 1.807) is 6.07 Å². The molecule has 38 heavy (non-hydrogen) atoms. The molecule has 3 aliphatic rings.